The molecule has 0 bridgehead atoms. The number of nitrogens with zero attached hydrogens (tertiary/aromatic N) is 3. The van der Waals surface area contributed by atoms with Crippen molar-refractivity contribution >= 4 is 29.1 Å². The summed E-state index contributed by atoms with van der Waals surface area (Å²) in [6, 6.07) is 13.0. The van der Waals surface area contributed by atoms with Crippen LogP contribution in [-0.2, 0) is 11.4 Å². The van der Waals surface area contributed by atoms with Gasteiger partial charge < -0.3 is 15.9 Å². The lowest BCUT2D eigenvalue weighted by Gasteiger charge is -2.14. The number of hydrogen-bond donors (Lipinski definition) is 2. The monoisotopic (exact) mass is 467 g/mol. The van der Waals surface area contributed by atoms with Crippen molar-refractivity contribution < 1.29 is 14.3 Å². The second-order valence-electron chi connectivity index (χ2n) is 8.03. The largest absolute Gasteiger partial charge is 0.485 e. The fourth-order valence-electron chi connectivity index (χ4n) is 3.14. The number of hydrogen-bond acceptors (Lipinski definition) is 7. The summed E-state index contributed by atoms with van der Waals surface area (Å²) in [6.07, 6.45) is 0.277. The Morgan fingerprint density at radius 1 is 1.15 bits per heavy atom. The molecule has 0 unspecified atom stereocenters. The number of carbonyl (C=O) groups excluding carboxylic acids is 2. The zero-order chi connectivity index (χ0) is 24.0. The van der Waals surface area contributed by atoms with Crippen LogP contribution in [0.5, 0.6) is 5.75 Å². The zero-order valence-electron chi connectivity index (χ0n) is 19.3. The number of carbonyl (C=O) groups is 2. The third kappa shape index (κ3) is 6.58. The predicted octanol–water partition coefficient (Wildman–Crippen LogP) is 4.33. The third-order valence-electron chi connectivity index (χ3n) is 5.02. The summed E-state index contributed by atoms with van der Waals surface area (Å²) in [4.78, 5) is 23.5. The highest BCUT2D eigenvalue weighted by molar-refractivity contribution is 7.99. The lowest BCUT2D eigenvalue weighted by Crippen LogP contribution is -2.17. The predicted molar refractivity (Wildman–Crippen MR) is 130 cm³/mol. The molecule has 1 amide bonds. The molecular formula is C24H29N5O3S. The molecule has 0 fully saturated rings. The first-order valence-corrected chi connectivity index (χ1v) is 11.7. The zero-order valence-corrected chi connectivity index (χ0v) is 20.1. The maximum absolute atomic E-state index is 12.2. The number of thioether (sulfide) groups is 1. The first-order chi connectivity index (χ1) is 15.7. The minimum Gasteiger partial charge on any atom is -0.485 e. The number of Topliss-reactive ketones (excluding diaryl/α,β-unsaturated/α-hetero) is 1. The number of aryl methyl sites for hydroxylation is 1. The molecule has 33 heavy (non-hydrogen) atoms. The molecule has 0 aliphatic heterocycles. The number of nitrogen functional groups attached to an aromatic ring is 1. The minimum atomic E-state index is -0.134. The smallest absolute Gasteiger partial charge is 0.225 e. The van der Waals surface area contributed by atoms with Crippen molar-refractivity contribution in [1.82, 2.24) is 14.9 Å². The SMILES string of the molecule is CC(=O)c1ccc(NC(=O)CCSc2nnc(COc3cc(C)ccc3C(C)C)n2N)cc1. The van der Waals surface area contributed by atoms with E-state index in [1.165, 1.54) is 23.4 Å². The maximum atomic E-state index is 12.2. The molecule has 0 spiro atoms. The van der Waals surface area contributed by atoms with Crippen molar-refractivity contribution in [3.8, 4) is 5.75 Å². The summed E-state index contributed by atoms with van der Waals surface area (Å²) < 4.78 is 7.39. The van der Waals surface area contributed by atoms with Gasteiger partial charge in [0.15, 0.2) is 11.6 Å². The van der Waals surface area contributed by atoms with Gasteiger partial charge in [-0.2, -0.15) is 0 Å². The van der Waals surface area contributed by atoms with Crippen LogP contribution in [0.4, 0.5) is 5.69 Å². The van der Waals surface area contributed by atoms with Gasteiger partial charge in [-0.15, -0.1) is 10.2 Å². The van der Waals surface area contributed by atoms with Crippen molar-refractivity contribution in [2.24, 2.45) is 0 Å². The summed E-state index contributed by atoms with van der Waals surface area (Å²) >= 11 is 1.35. The van der Waals surface area contributed by atoms with Crippen LogP contribution in [0, 0.1) is 6.92 Å². The molecule has 3 N–H and O–H groups in total. The van der Waals surface area contributed by atoms with Crippen LogP contribution >= 0.6 is 11.8 Å². The standard InChI is InChI=1S/C24H29N5O3S/c1-15(2)20-10-5-16(3)13-21(20)32-14-22-27-28-24(29(22)25)33-12-11-23(31)26-19-8-6-18(7-9-19)17(4)30/h5-10,13,15H,11-12,14,25H2,1-4H3,(H,26,31). The molecule has 9 heteroatoms. The second-order valence-corrected chi connectivity index (χ2v) is 9.10. The number of rotatable bonds is 10. The van der Waals surface area contributed by atoms with Crippen molar-refractivity contribution in [3.05, 3.63) is 65.0 Å². The van der Waals surface area contributed by atoms with Gasteiger partial charge in [0, 0.05) is 23.4 Å². The molecule has 0 saturated carbocycles. The summed E-state index contributed by atoms with van der Waals surface area (Å²) in [6.45, 7) is 7.96. The fraction of sp³-hybridized carbons (Fsp3) is 0.333. The van der Waals surface area contributed by atoms with E-state index in [0.717, 1.165) is 16.9 Å². The lowest BCUT2D eigenvalue weighted by atomic mass is 10.0. The Hall–Kier alpha value is -3.33. The van der Waals surface area contributed by atoms with Crippen molar-refractivity contribution in [3.63, 3.8) is 0 Å². The van der Waals surface area contributed by atoms with Gasteiger partial charge in [-0.25, -0.2) is 4.68 Å². The van der Waals surface area contributed by atoms with Crippen LogP contribution in [0.1, 0.15) is 60.4 Å². The fourth-order valence-corrected chi connectivity index (χ4v) is 3.95. The topological polar surface area (TPSA) is 112 Å². The van der Waals surface area contributed by atoms with Gasteiger partial charge in [0.25, 0.3) is 0 Å². The molecular weight excluding hydrogens is 438 g/mol. The molecule has 1 aromatic heterocycles. The maximum Gasteiger partial charge on any atom is 0.225 e. The highest BCUT2D eigenvalue weighted by Crippen LogP contribution is 2.28. The molecule has 3 aromatic rings. The Balaban J connectivity index is 1.50. The van der Waals surface area contributed by atoms with Gasteiger partial charge in [0.05, 0.1) is 0 Å². The highest BCUT2D eigenvalue weighted by atomic mass is 32.2. The normalized spacial score (nSPS) is 10.9. The molecule has 3 rings (SSSR count). The minimum absolute atomic E-state index is 0.0146. The summed E-state index contributed by atoms with van der Waals surface area (Å²) in [5.74, 6) is 8.13. The Kier molecular flexibility index (Phi) is 8.11. The molecule has 2 aromatic carbocycles. The molecule has 0 aliphatic rings. The van der Waals surface area contributed by atoms with Crippen molar-refractivity contribution in [1.29, 1.82) is 0 Å². The number of aromatic nitrogens is 3. The number of anilines is 1. The average Bonchev–Trinajstić information content (AvgIpc) is 3.12. The first-order valence-electron chi connectivity index (χ1n) is 10.7. The molecule has 8 nitrogen and oxygen atoms in total. The van der Waals surface area contributed by atoms with E-state index < -0.39 is 0 Å². The van der Waals surface area contributed by atoms with E-state index in [2.05, 4.69) is 41.5 Å². The van der Waals surface area contributed by atoms with Gasteiger partial charge in [-0.1, -0.05) is 37.7 Å². The van der Waals surface area contributed by atoms with E-state index in [0.29, 0.717) is 33.9 Å². The van der Waals surface area contributed by atoms with E-state index in [4.69, 9.17) is 10.6 Å². The van der Waals surface area contributed by atoms with E-state index in [1.807, 2.05) is 13.0 Å². The van der Waals surface area contributed by atoms with E-state index in [1.54, 1.807) is 24.3 Å². The van der Waals surface area contributed by atoms with Crippen LogP contribution < -0.4 is 15.9 Å². The van der Waals surface area contributed by atoms with Crippen LogP contribution in [0.2, 0.25) is 0 Å². The number of nitrogens with two attached hydrogens (primary N) is 1. The molecule has 0 radical (unpaired) electrons. The van der Waals surface area contributed by atoms with E-state index in [-0.39, 0.29) is 24.7 Å². The third-order valence-corrected chi connectivity index (χ3v) is 5.96. The first kappa shape index (κ1) is 24.3. The van der Waals surface area contributed by atoms with Crippen LogP contribution in [0.15, 0.2) is 47.6 Å². The summed E-state index contributed by atoms with van der Waals surface area (Å²) in [7, 11) is 0. The molecule has 0 aliphatic carbocycles. The van der Waals surface area contributed by atoms with Gasteiger partial charge in [-0.05, 0) is 61.2 Å². The van der Waals surface area contributed by atoms with Crippen LogP contribution in [0.3, 0.4) is 0 Å². The van der Waals surface area contributed by atoms with Gasteiger partial charge in [0.2, 0.25) is 11.1 Å². The Morgan fingerprint density at radius 3 is 2.55 bits per heavy atom. The van der Waals surface area contributed by atoms with Gasteiger partial charge >= 0.3 is 0 Å². The van der Waals surface area contributed by atoms with Gasteiger partial charge in [-0.3, -0.25) is 9.59 Å². The number of nitrogens with one attached hydrogen (secondary N) is 1. The summed E-state index contributed by atoms with van der Waals surface area (Å²) in [5.41, 5.74) is 3.50. The Bertz CT molecular complexity index is 1130. The quantitative estimate of drug-likeness (QED) is 0.259. The van der Waals surface area contributed by atoms with Crippen LogP contribution in [0.25, 0.3) is 0 Å². The molecule has 0 atom stereocenters. The number of amides is 1. The van der Waals surface area contributed by atoms with Crippen LogP contribution in [-0.4, -0.2) is 32.3 Å². The van der Waals surface area contributed by atoms with Crippen molar-refractivity contribution in [2.45, 2.75) is 51.8 Å². The highest BCUT2D eigenvalue weighted by Gasteiger charge is 2.14. The average molecular weight is 468 g/mol. The Labute approximate surface area is 197 Å². The Morgan fingerprint density at radius 2 is 1.88 bits per heavy atom. The lowest BCUT2D eigenvalue weighted by molar-refractivity contribution is -0.115. The number of ketones is 1. The number of benzene rings is 2. The van der Waals surface area contributed by atoms with E-state index in [9.17, 15) is 9.59 Å². The number of ether oxygens (including phenoxy) is 1. The molecule has 1 heterocycles. The van der Waals surface area contributed by atoms with Crippen molar-refractivity contribution in [2.75, 3.05) is 16.9 Å². The molecule has 174 valence electrons. The van der Waals surface area contributed by atoms with E-state index >= 15 is 0 Å². The summed E-state index contributed by atoms with van der Waals surface area (Å²) in [5, 5.41) is 11.6. The second kappa shape index (κ2) is 11.0. The van der Waals surface area contributed by atoms with Gasteiger partial charge in [0.1, 0.15) is 12.4 Å². The molecule has 0 saturated heterocycles.